The number of carbonyl (C=O) groups is 1. The summed E-state index contributed by atoms with van der Waals surface area (Å²) in [5, 5.41) is 8.31. The van der Waals surface area contributed by atoms with Gasteiger partial charge in [0.15, 0.2) is 0 Å². The molecule has 0 aliphatic heterocycles. The molecule has 1 amide bonds. The summed E-state index contributed by atoms with van der Waals surface area (Å²) in [5.41, 5.74) is 2.44. The highest BCUT2D eigenvalue weighted by Gasteiger charge is 2.22. The molecule has 6 heteroatoms. The number of rotatable bonds is 7. The Hall–Kier alpha value is -3.22. The number of hydrogen-bond donors (Lipinski definition) is 2. The van der Waals surface area contributed by atoms with Gasteiger partial charge < -0.3 is 9.73 Å². The van der Waals surface area contributed by atoms with Gasteiger partial charge in [-0.25, -0.2) is 4.98 Å². The van der Waals surface area contributed by atoms with Gasteiger partial charge in [-0.1, -0.05) is 54.6 Å². The van der Waals surface area contributed by atoms with Crippen LogP contribution in [-0.4, -0.2) is 10.9 Å². The normalized spacial score (nSPS) is 11.9. The Morgan fingerprint density at radius 3 is 2.45 bits per heavy atom. The number of aromatic nitrogens is 1. The van der Waals surface area contributed by atoms with E-state index in [2.05, 4.69) is 15.6 Å². The van der Waals surface area contributed by atoms with Crippen LogP contribution in [0.3, 0.4) is 0 Å². The Kier molecular flexibility index (Phi) is 5.84. The quantitative estimate of drug-likeness (QED) is 0.446. The smallest absolute Gasteiger partial charge is 0.246 e. The highest BCUT2D eigenvalue weighted by molar-refractivity contribution is 7.13. The van der Waals surface area contributed by atoms with Crippen LogP contribution in [0.25, 0.3) is 10.8 Å². The molecule has 146 valence electrons. The number of amides is 1. The van der Waals surface area contributed by atoms with Crippen molar-refractivity contribution in [2.24, 2.45) is 0 Å². The van der Waals surface area contributed by atoms with Crippen molar-refractivity contribution in [2.75, 3.05) is 5.32 Å². The van der Waals surface area contributed by atoms with Crippen molar-refractivity contribution < 1.29 is 9.21 Å². The van der Waals surface area contributed by atoms with Crippen LogP contribution in [0, 0.1) is 6.92 Å². The van der Waals surface area contributed by atoms with Gasteiger partial charge in [-0.15, -0.1) is 11.3 Å². The molecule has 0 fully saturated rings. The van der Waals surface area contributed by atoms with Crippen molar-refractivity contribution in [1.82, 2.24) is 10.3 Å². The Bertz CT molecular complexity index is 1060. The third-order valence-corrected chi connectivity index (χ3v) is 5.39. The minimum Gasteiger partial charge on any atom is -0.440 e. The van der Waals surface area contributed by atoms with Crippen molar-refractivity contribution in [3.63, 3.8) is 0 Å². The Morgan fingerprint density at radius 1 is 1.03 bits per heavy atom. The molecule has 0 bridgehead atoms. The molecule has 1 unspecified atom stereocenters. The largest absolute Gasteiger partial charge is 0.440 e. The zero-order chi connectivity index (χ0) is 20.1. The van der Waals surface area contributed by atoms with E-state index in [1.165, 1.54) is 0 Å². The number of oxazole rings is 1. The van der Waals surface area contributed by atoms with Crippen LogP contribution in [0.2, 0.25) is 0 Å². The maximum Gasteiger partial charge on any atom is 0.246 e. The summed E-state index contributed by atoms with van der Waals surface area (Å²) in [6.07, 6.45) is 0. The van der Waals surface area contributed by atoms with Crippen molar-refractivity contribution in [3.05, 3.63) is 95.2 Å². The molecule has 2 aromatic carbocycles. The lowest BCUT2D eigenvalue weighted by atomic mass is 10.1. The number of aryl methyl sites for hydroxylation is 1. The van der Waals surface area contributed by atoms with Gasteiger partial charge in [0.1, 0.15) is 11.8 Å². The molecular formula is C23H21N3O2S. The number of thiophene rings is 1. The first-order valence-electron chi connectivity index (χ1n) is 9.35. The number of benzene rings is 2. The van der Waals surface area contributed by atoms with Gasteiger partial charge in [-0.2, -0.15) is 0 Å². The van der Waals surface area contributed by atoms with Gasteiger partial charge in [0.2, 0.25) is 11.8 Å². The van der Waals surface area contributed by atoms with E-state index in [-0.39, 0.29) is 5.91 Å². The van der Waals surface area contributed by atoms with Crippen LogP contribution in [-0.2, 0) is 11.3 Å². The fourth-order valence-corrected chi connectivity index (χ4v) is 3.69. The average Bonchev–Trinajstić information content (AvgIpc) is 3.40. The van der Waals surface area contributed by atoms with E-state index in [0.717, 1.165) is 27.6 Å². The van der Waals surface area contributed by atoms with Gasteiger partial charge in [-0.3, -0.25) is 10.1 Å². The highest BCUT2D eigenvalue weighted by atomic mass is 32.1. The van der Waals surface area contributed by atoms with Crippen LogP contribution in [0.5, 0.6) is 0 Å². The number of hydrogen-bond acceptors (Lipinski definition) is 5. The van der Waals surface area contributed by atoms with E-state index in [1.807, 2.05) is 85.1 Å². The first kappa shape index (κ1) is 19.1. The van der Waals surface area contributed by atoms with Crippen molar-refractivity contribution >= 4 is 22.9 Å². The van der Waals surface area contributed by atoms with E-state index < -0.39 is 6.04 Å². The SMILES string of the molecule is Cc1oc(-c2cccs2)nc1CNC(C(=O)Nc1ccccc1)c1ccccc1. The van der Waals surface area contributed by atoms with E-state index in [9.17, 15) is 4.79 Å². The first-order chi connectivity index (χ1) is 14.2. The Balaban J connectivity index is 1.52. The molecule has 0 aliphatic rings. The minimum absolute atomic E-state index is 0.123. The van der Waals surface area contributed by atoms with Crippen LogP contribution < -0.4 is 10.6 Å². The third-order valence-electron chi connectivity index (χ3n) is 4.53. The summed E-state index contributed by atoms with van der Waals surface area (Å²) in [4.78, 5) is 18.6. The minimum atomic E-state index is -0.516. The van der Waals surface area contributed by atoms with Crippen molar-refractivity contribution in [2.45, 2.75) is 19.5 Å². The summed E-state index contributed by atoms with van der Waals surface area (Å²) in [6, 6.07) is 22.5. The molecule has 0 aliphatic carbocycles. The molecule has 2 N–H and O–H groups in total. The van der Waals surface area contributed by atoms with Crippen LogP contribution in [0.1, 0.15) is 23.1 Å². The lowest BCUT2D eigenvalue weighted by Crippen LogP contribution is -2.33. The standard InChI is InChI=1S/C23H21N3O2S/c1-16-19(26-23(28-16)20-13-8-14-29-20)15-24-21(17-9-4-2-5-10-17)22(27)25-18-11-6-3-7-12-18/h2-14,21,24H,15H2,1H3,(H,25,27). The molecule has 2 aromatic heterocycles. The van der Waals surface area contributed by atoms with E-state index in [0.29, 0.717) is 12.4 Å². The molecule has 0 saturated heterocycles. The second-order valence-corrected chi connectivity index (χ2v) is 7.53. The number of nitrogens with one attached hydrogen (secondary N) is 2. The highest BCUT2D eigenvalue weighted by Crippen LogP contribution is 2.26. The fourth-order valence-electron chi connectivity index (χ4n) is 3.04. The average molecular weight is 404 g/mol. The van der Waals surface area contributed by atoms with E-state index in [1.54, 1.807) is 11.3 Å². The van der Waals surface area contributed by atoms with Crippen LogP contribution >= 0.6 is 11.3 Å². The zero-order valence-corrected chi connectivity index (χ0v) is 16.8. The fraction of sp³-hybridized carbons (Fsp3) is 0.130. The summed E-state index contributed by atoms with van der Waals surface area (Å²) in [6.45, 7) is 2.31. The van der Waals surface area contributed by atoms with Crippen LogP contribution in [0.4, 0.5) is 5.69 Å². The predicted molar refractivity (Wildman–Crippen MR) is 116 cm³/mol. The van der Waals surface area contributed by atoms with Crippen molar-refractivity contribution in [3.8, 4) is 10.8 Å². The maximum atomic E-state index is 13.0. The molecule has 4 rings (SSSR count). The molecule has 1 atom stereocenters. The van der Waals surface area contributed by atoms with Gasteiger partial charge in [-0.05, 0) is 36.1 Å². The monoisotopic (exact) mass is 403 g/mol. The molecule has 29 heavy (non-hydrogen) atoms. The maximum absolute atomic E-state index is 13.0. The number of carbonyl (C=O) groups excluding carboxylic acids is 1. The Labute approximate surface area is 173 Å². The zero-order valence-electron chi connectivity index (χ0n) is 16.0. The molecule has 0 radical (unpaired) electrons. The van der Waals surface area contributed by atoms with E-state index in [4.69, 9.17) is 4.42 Å². The van der Waals surface area contributed by atoms with Gasteiger partial charge >= 0.3 is 0 Å². The molecule has 4 aromatic rings. The second kappa shape index (κ2) is 8.86. The van der Waals surface area contributed by atoms with Crippen molar-refractivity contribution in [1.29, 1.82) is 0 Å². The van der Waals surface area contributed by atoms with Crippen LogP contribution in [0.15, 0.2) is 82.6 Å². The topological polar surface area (TPSA) is 67.2 Å². The second-order valence-electron chi connectivity index (χ2n) is 6.58. The number of para-hydroxylation sites is 1. The predicted octanol–water partition coefficient (Wildman–Crippen LogP) is 5.18. The van der Waals surface area contributed by atoms with Gasteiger partial charge in [0, 0.05) is 12.2 Å². The van der Waals surface area contributed by atoms with E-state index >= 15 is 0 Å². The first-order valence-corrected chi connectivity index (χ1v) is 10.2. The number of nitrogens with zero attached hydrogens (tertiary/aromatic N) is 1. The number of anilines is 1. The van der Waals surface area contributed by atoms with Gasteiger partial charge in [0.25, 0.3) is 0 Å². The summed E-state index contributed by atoms with van der Waals surface area (Å²) >= 11 is 1.58. The molecule has 0 saturated carbocycles. The summed E-state index contributed by atoms with van der Waals surface area (Å²) in [7, 11) is 0. The lowest BCUT2D eigenvalue weighted by molar-refractivity contribution is -0.118. The van der Waals surface area contributed by atoms with Gasteiger partial charge in [0.05, 0.1) is 10.6 Å². The lowest BCUT2D eigenvalue weighted by Gasteiger charge is -2.18. The Morgan fingerprint density at radius 2 is 1.76 bits per heavy atom. The summed E-state index contributed by atoms with van der Waals surface area (Å²) < 4.78 is 5.81. The molecule has 5 nitrogen and oxygen atoms in total. The summed E-state index contributed by atoms with van der Waals surface area (Å²) in [5.74, 6) is 1.23. The molecule has 2 heterocycles. The molecule has 0 spiro atoms. The third kappa shape index (κ3) is 4.62. The molecular weight excluding hydrogens is 382 g/mol.